The average Bonchev–Trinajstić information content (AvgIpc) is 3.38. The quantitative estimate of drug-likeness (QED) is 0.317. The zero-order valence-corrected chi connectivity index (χ0v) is 17.1. The molecule has 5 aromatic rings. The van der Waals surface area contributed by atoms with E-state index in [1.807, 2.05) is 22.7 Å². The van der Waals surface area contributed by atoms with Crippen LogP contribution in [0.15, 0.2) is 102 Å². The maximum atomic E-state index is 5.67. The molecule has 0 aliphatic rings. The van der Waals surface area contributed by atoms with Crippen molar-refractivity contribution < 1.29 is 4.42 Å². The fraction of sp³-hybridized carbons (Fsp3) is 0.115. The van der Waals surface area contributed by atoms with Crippen molar-refractivity contribution in [3.63, 3.8) is 0 Å². The van der Waals surface area contributed by atoms with E-state index in [1.165, 1.54) is 5.56 Å². The molecule has 0 fully saturated rings. The van der Waals surface area contributed by atoms with Crippen LogP contribution in [0.2, 0.25) is 0 Å². The van der Waals surface area contributed by atoms with E-state index in [0.717, 1.165) is 28.5 Å². The number of nitrogens with zero attached hydrogens (tertiary/aromatic N) is 3. The third kappa shape index (κ3) is 3.16. The fourth-order valence-corrected chi connectivity index (χ4v) is 3.75. The van der Waals surface area contributed by atoms with Crippen LogP contribution in [-0.4, -0.2) is 9.38 Å². The SMILES string of the molecule is CC(C)c1ccc(-c2nc3occn3c2N(c2ccccc2)c2ccccc2)cc1. The Labute approximate surface area is 176 Å². The van der Waals surface area contributed by atoms with E-state index in [9.17, 15) is 0 Å². The van der Waals surface area contributed by atoms with Crippen LogP contribution >= 0.6 is 0 Å². The Morgan fingerprint density at radius 2 is 1.40 bits per heavy atom. The molecule has 148 valence electrons. The molecule has 0 radical (unpaired) electrons. The molecule has 0 spiro atoms. The summed E-state index contributed by atoms with van der Waals surface area (Å²) >= 11 is 0. The molecule has 0 unspecified atom stereocenters. The zero-order valence-electron chi connectivity index (χ0n) is 17.1. The normalized spacial score (nSPS) is 11.3. The van der Waals surface area contributed by atoms with Crippen molar-refractivity contribution in [2.24, 2.45) is 0 Å². The van der Waals surface area contributed by atoms with Crippen molar-refractivity contribution in [1.29, 1.82) is 0 Å². The Balaban J connectivity index is 1.75. The highest BCUT2D eigenvalue weighted by Crippen LogP contribution is 2.41. The van der Waals surface area contributed by atoms with Crippen LogP contribution in [0.25, 0.3) is 17.1 Å². The molecule has 2 aromatic heterocycles. The minimum atomic E-state index is 0.488. The number of para-hydroxylation sites is 2. The maximum absolute atomic E-state index is 5.67. The third-order valence-electron chi connectivity index (χ3n) is 5.33. The molecule has 4 nitrogen and oxygen atoms in total. The second kappa shape index (κ2) is 7.56. The Kier molecular flexibility index (Phi) is 4.60. The number of hydrogen-bond donors (Lipinski definition) is 0. The summed E-state index contributed by atoms with van der Waals surface area (Å²) in [6, 6.07) is 29.4. The zero-order chi connectivity index (χ0) is 20.5. The van der Waals surface area contributed by atoms with Gasteiger partial charge in [-0.25, -0.2) is 0 Å². The third-order valence-corrected chi connectivity index (χ3v) is 5.33. The fourth-order valence-electron chi connectivity index (χ4n) is 3.75. The highest BCUT2D eigenvalue weighted by atomic mass is 16.3. The van der Waals surface area contributed by atoms with E-state index >= 15 is 0 Å². The van der Waals surface area contributed by atoms with E-state index in [4.69, 9.17) is 9.40 Å². The lowest BCUT2D eigenvalue weighted by Gasteiger charge is -2.25. The maximum Gasteiger partial charge on any atom is 0.308 e. The van der Waals surface area contributed by atoms with Gasteiger partial charge < -0.3 is 4.42 Å². The van der Waals surface area contributed by atoms with Crippen molar-refractivity contribution in [1.82, 2.24) is 9.38 Å². The van der Waals surface area contributed by atoms with Crippen molar-refractivity contribution in [2.75, 3.05) is 4.90 Å². The molecular weight excluding hydrogens is 370 g/mol. The number of imidazole rings is 1. The second-order valence-electron chi connectivity index (χ2n) is 7.62. The van der Waals surface area contributed by atoms with E-state index in [0.29, 0.717) is 11.8 Å². The van der Waals surface area contributed by atoms with Gasteiger partial charge in [-0.2, -0.15) is 4.98 Å². The number of anilines is 3. The highest BCUT2D eigenvalue weighted by molar-refractivity contribution is 5.86. The molecule has 0 saturated carbocycles. The van der Waals surface area contributed by atoms with E-state index in [1.54, 1.807) is 6.26 Å². The lowest BCUT2D eigenvalue weighted by Crippen LogP contribution is -2.12. The monoisotopic (exact) mass is 393 g/mol. The summed E-state index contributed by atoms with van der Waals surface area (Å²) in [5, 5.41) is 0. The summed E-state index contributed by atoms with van der Waals surface area (Å²) in [5.41, 5.74) is 5.38. The van der Waals surface area contributed by atoms with Crippen LogP contribution < -0.4 is 4.90 Å². The second-order valence-corrected chi connectivity index (χ2v) is 7.62. The van der Waals surface area contributed by atoms with Gasteiger partial charge in [0.25, 0.3) is 0 Å². The minimum Gasteiger partial charge on any atom is -0.432 e. The lowest BCUT2D eigenvalue weighted by atomic mass is 10.0. The Hall–Kier alpha value is -3.79. The topological polar surface area (TPSA) is 33.7 Å². The van der Waals surface area contributed by atoms with Crippen molar-refractivity contribution in [2.45, 2.75) is 19.8 Å². The molecule has 3 aromatic carbocycles. The van der Waals surface area contributed by atoms with Gasteiger partial charge in [0.05, 0.1) is 6.20 Å². The first-order valence-corrected chi connectivity index (χ1v) is 10.2. The minimum absolute atomic E-state index is 0.488. The van der Waals surface area contributed by atoms with Crippen molar-refractivity contribution in [3.8, 4) is 11.3 Å². The van der Waals surface area contributed by atoms with Gasteiger partial charge in [-0.3, -0.25) is 9.30 Å². The molecule has 0 atom stereocenters. The van der Waals surface area contributed by atoms with Gasteiger partial charge in [-0.05, 0) is 35.7 Å². The summed E-state index contributed by atoms with van der Waals surface area (Å²) in [7, 11) is 0. The van der Waals surface area contributed by atoms with Gasteiger partial charge in [0.15, 0.2) is 5.82 Å². The molecular formula is C26H23N3O. The molecule has 2 heterocycles. The van der Waals surface area contributed by atoms with Crippen LogP contribution in [0.4, 0.5) is 17.2 Å². The van der Waals surface area contributed by atoms with E-state index in [2.05, 4.69) is 91.5 Å². The summed E-state index contributed by atoms with van der Waals surface area (Å²) < 4.78 is 7.68. The van der Waals surface area contributed by atoms with Gasteiger partial charge in [-0.1, -0.05) is 74.5 Å². The largest absolute Gasteiger partial charge is 0.432 e. The predicted molar refractivity (Wildman–Crippen MR) is 122 cm³/mol. The molecule has 0 aliphatic carbocycles. The first-order chi connectivity index (χ1) is 14.7. The molecule has 30 heavy (non-hydrogen) atoms. The smallest absolute Gasteiger partial charge is 0.308 e. The summed E-state index contributed by atoms with van der Waals surface area (Å²) in [4.78, 5) is 7.07. The molecule has 4 heteroatoms. The van der Waals surface area contributed by atoms with Gasteiger partial charge in [-0.15, -0.1) is 0 Å². The first-order valence-electron chi connectivity index (χ1n) is 10.2. The Morgan fingerprint density at radius 1 is 0.800 bits per heavy atom. The standard InChI is InChI=1S/C26H23N3O/c1-19(2)20-13-15-21(16-14-20)24-25(28-17-18-30-26(28)27-24)29(22-9-5-3-6-10-22)23-11-7-4-8-12-23/h3-19H,1-2H3. The molecule has 0 amide bonds. The molecule has 0 saturated heterocycles. The summed E-state index contributed by atoms with van der Waals surface area (Å²) in [5.74, 6) is 2.01. The number of fused-ring (bicyclic) bond motifs is 1. The van der Waals surface area contributed by atoms with E-state index < -0.39 is 0 Å². The number of hydrogen-bond acceptors (Lipinski definition) is 3. The van der Waals surface area contributed by atoms with Crippen LogP contribution in [-0.2, 0) is 0 Å². The summed E-state index contributed by atoms with van der Waals surface area (Å²) in [6.45, 7) is 4.41. The number of oxazole rings is 1. The van der Waals surface area contributed by atoms with Gasteiger partial charge in [0.1, 0.15) is 12.0 Å². The number of benzene rings is 3. The molecule has 0 N–H and O–H groups in total. The van der Waals surface area contributed by atoms with Crippen LogP contribution in [0.3, 0.4) is 0 Å². The van der Waals surface area contributed by atoms with Crippen molar-refractivity contribution in [3.05, 3.63) is 103 Å². The van der Waals surface area contributed by atoms with Gasteiger partial charge in [0.2, 0.25) is 0 Å². The Morgan fingerprint density at radius 3 is 1.97 bits per heavy atom. The van der Waals surface area contributed by atoms with E-state index in [-0.39, 0.29) is 0 Å². The highest BCUT2D eigenvalue weighted by Gasteiger charge is 2.24. The average molecular weight is 393 g/mol. The van der Waals surface area contributed by atoms with Crippen LogP contribution in [0, 0.1) is 0 Å². The van der Waals surface area contributed by atoms with Gasteiger partial charge >= 0.3 is 5.84 Å². The predicted octanol–water partition coefficient (Wildman–Crippen LogP) is 7.19. The molecule has 0 aliphatic heterocycles. The number of rotatable bonds is 5. The van der Waals surface area contributed by atoms with Crippen LogP contribution in [0.5, 0.6) is 0 Å². The molecule has 5 rings (SSSR count). The van der Waals surface area contributed by atoms with Crippen molar-refractivity contribution >= 4 is 23.0 Å². The molecule has 0 bridgehead atoms. The summed E-state index contributed by atoms with van der Waals surface area (Å²) in [6.07, 6.45) is 3.59. The Bertz CT molecular complexity index is 1210. The lowest BCUT2D eigenvalue weighted by molar-refractivity contribution is 0.596. The van der Waals surface area contributed by atoms with Gasteiger partial charge in [0, 0.05) is 16.9 Å². The first kappa shape index (κ1) is 18.3. The number of aromatic nitrogens is 2. The van der Waals surface area contributed by atoms with Crippen LogP contribution in [0.1, 0.15) is 25.3 Å².